The molecule has 2 aromatic heterocycles. The molecule has 6 aliphatic rings. The maximum Gasteiger partial charge on any atom is 0.410 e. The Morgan fingerprint density at radius 3 is 1.33 bits per heavy atom. The molecule has 2 aromatic carbocycles. The average Bonchev–Trinajstić information content (AvgIpc) is 3.86. The number of carbonyl (C=O) groups is 2. The number of anilines is 2. The van der Waals surface area contributed by atoms with Crippen LogP contribution in [-0.2, 0) is 58.8 Å². The Hall–Kier alpha value is -5.12. The highest BCUT2D eigenvalue weighted by Crippen LogP contribution is 2.52. The molecular formula is C54H62Cl4N10O4. The highest BCUT2D eigenvalue weighted by Gasteiger charge is 2.46. The second-order valence-electron chi connectivity index (χ2n) is 22.2. The van der Waals surface area contributed by atoms with Gasteiger partial charge in [0.2, 0.25) is 10.6 Å². The zero-order chi connectivity index (χ0) is 51.3. The normalized spacial score (nSPS) is 23.3. The first kappa shape index (κ1) is 51.8. The number of carbonyl (C=O) groups excluding carboxylic acids is 2. The first-order valence-corrected chi connectivity index (χ1v) is 26.6. The van der Waals surface area contributed by atoms with Gasteiger partial charge in [0, 0.05) is 71.3 Å². The predicted molar refractivity (Wildman–Crippen MR) is 279 cm³/mol. The highest BCUT2D eigenvalue weighted by atomic mass is 35.5. The number of benzene rings is 2. The van der Waals surface area contributed by atoms with Gasteiger partial charge >= 0.3 is 12.2 Å². The first-order chi connectivity index (χ1) is 34.2. The molecule has 2 fully saturated rings. The van der Waals surface area contributed by atoms with Gasteiger partial charge in [-0.05, 0) is 163 Å². The van der Waals surface area contributed by atoms with Crippen LogP contribution in [-0.4, -0.2) is 104 Å². The minimum Gasteiger partial charge on any atom is -0.444 e. The van der Waals surface area contributed by atoms with Crippen LogP contribution in [0.2, 0.25) is 20.6 Å². The Labute approximate surface area is 442 Å². The number of nitriles is 2. The number of piperazine rings is 2. The fourth-order valence-corrected chi connectivity index (χ4v) is 13.0. The van der Waals surface area contributed by atoms with Gasteiger partial charge in [-0.1, -0.05) is 47.5 Å². The number of hydrogen-bond acceptors (Lipinski definition) is 12. The molecule has 72 heavy (non-hydrogen) atoms. The van der Waals surface area contributed by atoms with Crippen molar-refractivity contribution in [3.05, 3.63) is 102 Å². The minimum absolute atomic E-state index is 0.0287. The molecule has 0 bridgehead atoms. The molecule has 0 unspecified atom stereocenters. The number of ether oxygens (including phenoxy) is 2. The van der Waals surface area contributed by atoms with Gasteiger partial charge in [-0.2, -0.15) is 10.5 Å². The van der Waals surface area contributed by atoms with E-state index >= 15 is 0 Å². The Balaban J connectivity index is 0.000000178. The van der Waals surface area contributed by atoms with Gasteiger partial charge in [-0.3, -0.25) is 0 Å². The van der Waals surface area contributed by atoms with E-state index in [1.807, 2.05) is 65.8 Å². The first-order valence-electron chi connectivity index (χ1n) is 25.1. The Bertz CT molecular complexity index is 2670. The van der Waals surface area contributed by atoms with Crippen LogP contribution in [0, 0.1) is 22.7 Å². The zero-order valence-corrected chi connectivity index (χ0v) is 45.0. The van der Waals surface area contributed by atoms with Crippen LogP contribution in [0.1, 0.15) is 125 Å². The van der Waals surface area contributed by atoms with Gasteiger partial charge in [-0.25, -0.2) is 29.5 Å². The molecule has 2 amide bonds. The third-order valence-corrected chi connectivity index (χ3v) is 16.4. The van der Waals surface area contributed by atoms with Crippen LogP contribution < -0.4 is 9.80 Å². The van der Waals surface area contributed by atoms with E-state index in [0.717, 1.165) is 108 Å². The van der Waals surface area contributed by atoms with Crippen LogP contribution in [0.4, 0.5) is 21.2 Å². The van der Waals surface area contributed by atoms with Crippen LogP contribution in [0.15, 0.2) is 36.4 Å². The van der Waals surface area contributed by atoms with Crippen molar-refractivity contribution in [2.75, 3.05) is 49.1 Å². The maximum absolute atomic E-state index is 12.8. The van der Waals surface area contributed by atoms with E-state index in [2.05, 4.69) is 54.0 Å². The van der Waals surface area contributed by atoms with Crippen molar-refractivity contribution in [2.45, 2.75) is 153 Å². The number of halogens is 4. The van der Waals surface area contributed by atoms with Crippen LogP contribution >= 0.6 is 46.4 Å². The van der Waals surface area contributed by atoms with Crippen molar-refractivity contribution in [1.82, 2.24) is 29.7 Å². The van der Waals surface area contributed by atoms with E-state index in [4.69, 9.17) is 55.9 Å². The lowest BCUT2D eigenvalue weighted by molar-refractivity contribution is 0.0134. The SMILES string of the molecule is CC(C)(C)OC(=O)N1CCN(c2nc(Cl)nc3c2CC[C@@]2(CCc4c(Cl)cccc42)C3)C[C@@H]1CC#N.CC(C)(C)OC(=O)N1CCN(c2nc(Cl)nc3c2CC[C@]2(CCc4c(Cl)cccc42)C3)C[C@@H]1CC#N. The summed E-state index contributed by atoms with van der Waals surface area (Å²) in [6.45, 7) is 14.1. The number of hydrogen-bond donors (Lipinski definition) is 0. The quantitative estimate of drug-likeness (QED) is 0.178. The van der Waals surface area contributed by atoms with Crippen LogP contribution in [0.3, 0.4) is 0 Å². The van der Waals surface area contributed by atoms with Gasteiger partial charge in [-0.15, -0.1) is 0 Å². The predicted octanol–water partition coefficient (Wildman–Crippen LogP) is 11.0. The van der Waals surface area contributed by atoms with Crippen molar-refractivity contribution < 1.29 is 19.1 Å². The molecular weight excluding hydrogens is 994 g/mol. The second-order valence-corrected chi connectivity index (χ2v) is 23.7. The number of nitrogens with zero attached hydrogens (tertiary/aromatic N) is 10. The number of rotatable bonds is 4. The van der Waals surface area contributed by atoms with E-state index < -0.39 is 11.2 Å². The zero-order valence-electron chi connectivity index (χ0n) is 42.0. The summed E-state index contributed by atoms with van der Waals surface area (Å²) >= 11 is 26.0. The molecule has 2 saturated heterocycles. The third-order valence-electron chi connectivity index (χ3n) is 15.4. The third kappa shape index (κ3) is 10.5. The van der Waals surface area contributed by atoms with E-state index in [1.54, 1.807) is 9.80 Å². The molecule has 4 atom stereocenters. The van der Waals surface area contributed by atoms with Crippen molar-refractivity contribution in [2.24, 2.45) is 0 Å². The van der Waals surface area contributed by atoms with E-state index in [0.29, 0.717) is 39.3 Å². The maximum atomic E-state index is 12.8. The molecule has 380 valence electrons. The largest absolute Gasteiger partial charge is 0.444 e. The van der Waals surface area contributed by atoms with E-state index in [1.165, 1.54) is 22.3 Å². The summed E-state index contributed by atoms with van der Waals surface area (Å²) in [4.78, 5) is 52.0. The summed E-state index contributed by atoms with van der Waals surface area (Å²) in [6.07, 6.45) is 9.08. The van der Waals surface area contributed by atoms with Gasteiger partial charge in [0.15, 0.2) is 0 Å². The van der Waals surface area contributed by atoms with Crippen molar-refractivity contribution in [1.29, 1.82) is 10.5 Å². The molecule has 0 N–H and O–H groups in total. The number of amides is 2. The summed E-state index contributed by atoms with van der Waals surface area (Å²) in [6, 6.07) is 16.3. The molecule has 2 spiro atoms. The summed E-state index contributed by atoms with van der Waals surface area (Å²) in [5.41, 5.74) is 8.33. The molecule has 4 heterocycles. The monoisotopic (exact) mass is 1050 g/mol. The fraction of sp³-hybridized carbons (Fsp3) is 0.556. The summed E-state index contributed by atoms with van der Waals surface area (Å²) in [5.74, 6) is 1.66. The molecule has 2 aliphatic heterocycles. The number of aromatic nitrogens is 4. The topological polar surface area (TPSA) is 165 Å². The van der Waals surface area contributed by atoms with Crippen molar-refractivity contribution >= 4 is 70.2 Å². The number of fused-ring (bicyclic) bond motifs is 6. The summed E-state index contributed by atoms with van der Waals surface area (Å²) in [7, 11) is 0. The smallest absolute Gasteiger partial charge is 0.410 e. The molecule has 18 heteroatoms. The Kier molecular flexibility index (Phi) is 14.6. The Morgan fingerprint density at radius 2 is 0.972 bits per heavy atom. The lowest BCUT2D eigenvalue weighted by atomic mass is 9.69. The Morgan fingerprint density at radius 1 is 0.597 bits per heavy atom. The lowest BCUT2D eigenvalue weighted by Gasteiger charge is -2.43. The second kappa shape index (κ2) is 20.3. The van der Waals surface area contributed by atoms with Crippen molar-refractivity contribution in [3.63, 3.8) is 0 Å². The van der Waals surface area contributed by atoms with Gasteiger partial charge in [0.1, 0.15) is 22.8 Å². The van der Waals surface area contributed by atoms with E-state index in [-0.39, 0.29) is 58.5 Å². The molecule has 0 saturated carbocycles. The molecule has 10 rings (SSSR count). The van der Waals surface area contributed by atoms with E-state index in [9.17, 15) is 20.1 Å². The molecule has 14 nitrogen and oxygen atoms in total. The van der Waals surface area contributed by atoms with Gasteiger partial charge in [0.05, 0.1) is 48.5 Å². The van der Waals surface area contributed by atoms with Crippen molar-refractivity contribution in [3.8, 4) is 12.1 Å². The molecule has 4 aliphatic carbocycles. The summed E-state index contributed by atoms with van der Waals surface area (Å²) < 4.78 is 11.2. The average molecular weight is 1060 g/mol. The highest BCUT2D eigenvalue weighted by molar-refractivity contribution is 6.32. The fourth-order valence-electron chi connectivity index (χ4n) is 12.1. The standard InChI is InChI=1S/2C27H31Cl2N5O2/c2*1-26(2,3)36-25(35)34-14-13-33(16-17(34)9-12-30)23-19-8-11-27(15-22(19)31-24(29)32-23)10-7-18-20(27)5-4-6-21(18)28/h2*4-6,17H,7-11,13-16H2,1-3H3/t17-,27+;17-,27-/m00/s1. The van der Waals surface area contributed by atoms with Crippen LogP contribution in [0.25, 0.3) is 0 Å². The van der Waals surface area contributed by atoms with Crippen LogP contribution in [0.5, 0.6) is 0 Å². The lowest BCUT2D eigenvalue weighted by Crippen LogP contribution is -2.56. The van der Waals surface area contributed by atoms with Gasteiger partial charge < -0.3 is 29.1 Å². The molecule has 4 aromatic rings. The molecule has 0 radical (unpaired) electrons. The minimum atomic E-state index is -0.594. The van der Waals surface area contributed by atoms with Gasteiger partial charge in [0.25, 0.3) is 0 Å². The summed E-state index contributed by atoms with van der Waals surface area (Å²) in [5, 5.41) is 21.1.